The first-order valence-electron chi connectivity index (χ1n) is 8.16. The summed E-state index contributed by atoms with van der Waals surface area (Å²) >= 11 is 5.70. The molecule has 0 aliphatic heterocycles. The summed E-state index contributed by atoms with van der Waals surface area (Å²) in [5.41, 5.74) is -0.709. The van der Waals surface area contributed by atoms with Crippen LogP contribution in [0.15, 0.2) is 35.4 Å². The van der Waals surface area contributed by atoms with Crippen molar-refractivity contribution in [1.82, 2.24) is 14.3 Å². The topological polar surface area (TPSA) is 68.9 Å². The zero-order valence-corrected chi connectivity index (χ0v) is 16.6. The van der Waals surface area contributed by atoms with Crippen molar-refractivity contribution in [2.24, 2.45) is 7.05 Å². The second-order valence-electron chi connectivity index (χ2n) is 6.11. The van der Waals surface area contributed by atoms with Crippen molar-refractivity contribution in [1.29, 1.82) is 0 Å². The Morgan fingerprint density at radius 1 is 1.33 bits per heavy atom. The third-order valence-corrected chi connectivity index (χ3v) is 5.42. The maximum absolute atomic E-state index is 12.9. The van der Waals surface area contributed by atoms with Crippen molar-refractivity contribution in [2.75, 3.05) is 5.32 Å². The molecule has 3 rings (SSSR count). The molecule has 0 aliphatic carbocycles. The van der Waals surface area contributed by atoms with Crippen LogP contribution in [0, 0.1) is 0 Å². The van der Waals surface area contributed by atoms with E-state index in [2.05, 4.69) is 10.4 Å². The number of carbonyl (C=O) groups is 1. The molecule has 0 fully saturated rings. The van der Waals surface area contributed by atoms with E-state index in [-0.39, 0.29) is 33.2 Å². The predicted octanol–water partition coefficient (Wildman–Crippen LogP) is 4.50. The Morgan fingerprint density at radius 3 is 2.57 bits per heavy atom. The highest BCUT2D eigenvalue weighted by atomic mass is 35.5. The molecule has 0 aliphatic rings. The minimum Gasteiger partial charge on any atom is -0.320 e. The Bertz CT molecular complexity index is 1150. The maximum Gasteiger partial charge on any atom is 0.427 e. The summed E-state index contributed by atoms with van der Waals surface area (Å²) in [6.07, 6.45) is -5.06. The average molecular weight is 467 g/mol. The minimum atomic E-state index is -4.73. The van der Waals surface area contributed by atoms with Crippen molar-refractivity contribution >= 4 is 34.5 Å². The minimum absolute atomic E-state index is 0.0609. The van der Waals surface area contributed by atoms with Gasteiger partial charge in [-0.1, -0.05) is 11.6 Å². The molecule has 30 heavy (non-hydrogen) atoms. The van der Waals surface area contributed by atoms with E-state index in [4.69, 9.17) is 11.6 Å². The smallest absolute Gasteiger partial charge is 0.320 e. The first-order valence-corrected chi connectivity index (χ1v) is 9.35. The lowest BCUT2D eigenvalue weighted by Crippen LogP contribution is -2.25. The van der Waals surface area contributed by atoms with E-state index < -0.39 is 40.5 Å². The molecule has 6 nitrogen and oxygen atoms in total. The predicted molar refractivity (Wildman–Crippen MR) is 101 cm³/mol. The van der Waals surface area contributed by atoms with E-state index in [0.29, 0.717) is 4.57 Å². The molecule has 3 heterocycles. The number of carbonyl (C=O) groups excluding carboxylic acids is 1. The van der Waals surface area contributed by atoms with Crippen LogP contribution < -0.4 is 10.9 Å². The average Bonchev–Trinajstić information content (AvgIpc) is 3.22. The van der Waals surface area contributed by atoms with Gasteiger partial charge in [0.1, 0.15) is 4.88 Å². The van der Waals surface area contributed by atoms with E-state index in [1.807, 2.05) is 0 Å². The Labute approximate surface area is 174 Å². The molecule has 1 amide bonds. The second kappa shape index (κ2) is 8.19. The Hall–Kier alpha value is -2.73. The van der Waals surface area contributed by atoms with Crippen molar-refractivity contribution in [3.05, 3.63) is 55.7 Å². The van der Waals surface area contributed by atoms with Gasteiger partial charge in [-0.05, 0) is 18.2 Å². The van der Waals surface area contributed by atoms with Gasteiger partial charge in [0, 0.05) is 19.4 Å². The molecule has 0 unspecified atom stereocenters. The number of pyridine rings is 1. The van der Waals surface area contributed by atoms with E-state index >= 15 is 0 Å². The van der Waals surface area contributed by atoms with E-state index in [1.54, 1.807) is 7.05 Å². The maximum atomic E-state index is 12.9. The van der Waals surface area contributed by atoms with E-state index in [1.165, 1.54) is 23.0 Å². The summed E-state index contributed by atoms with van der Waals surface area (Å²) in [5.74, 6) is -0.938. The van der Waals surface area contributed by atoms with Gasteiger partial charge in [-0.2, -0.15) is 18.3 Å². The summed E-state index contributed by atoms with van der Waals surface area (Å²) in [5, 5.41) is 5.73. The van der Waals surface area contributed by atoms with Crippen LogP contribution in [0.25, 0.3) is 11.3 Å². The van der Waals surface area contributed by atoms with Crippen molar-refractivity contribution in [3.63, 3.8) is 0 Å². The van der Waals surface area contributed by atoms with Gasteiger partial charge in [-0.3, -0.25) is 14.3 Å². The number of anilines is 1. The monoisotopic (exact) mass is 466 g/mol. The molecule has 0 radical (unpaired) electrons. The number of halogens is 6. The molecule has 0 aromatic carbocycles. The fourth-order valence-corrected chi connectivity index (χ4v) is 3.81. The fourth-order valence-electron chi connectivity index (χ4n) is 2.60. The van der Waals surface area contributed by atoms with Crippen molar-refractivity contribution < 1.29 is 26.7 Å². The lowest BCUT2D eigenvalue weighted by Gasteiger charge is -2.11. The molecule has 1 N–H and O–H groups in total. The molecule has 0 saturated carbocycles. The summed E-state index contributed by atoms with van der Waals surface area (Å²) in [6.45, 7) is -0.939. The third-order valence-electron chi connectivity index (χ3n) is 3.84. The molecular weight excluding hydrogens is 455 g/mol. The van der Waals surface area contributed by atoms with Crippen molar-refractivity contribution in [2.45, 2.75) is 19.1 Å². The number of rotatable bonds is 5. The van der Waals surface area contributed by atoms with E-state index in [9.17, 15) is 31.5 Å². The number of alkyl halides is 5. The zero-order valence-electron chi connectivity index (χ0n) is 15.0. The van der Waals surface area contributed by atoms with Gasteiger partial charge < -0.3 is 9.88 Å². The van der Waals surface area contributed by atoms with Gasteiger partial charge in [0.15, 0.2) is 0 Å². The molecule has 0 spiro atoms. The van der Waals surface area contributed by atoms with Gasteiger partial charge in [0.05, 0.1) is 33.4 Å². The van der Waals surface area contributed by atoms with Crippen LogP contribution in [0.2, 0.25) is 5.02 Å². The van der Waals surface area contributed by atoms with Gasteiger partial charge in [-0.15, -0.1) is 11.3 Å². The lowest BCUT2D eigenvalue weighted by molar-refractivity contribution is -0.134. The Balaban J connectivity index is 1.99. The Morgan fingerprint density at radius 2 is 2.03 bits per heavy atom. The van der Waals surface area contributed by atoms with Crippen LogP contribution in [0.5, 0.6) is 0 Å². The number of nitrogens with one attached hydrogen (secondary N) is 1. The van der Waals surface area contributed by atoms with Crippen LogP contribution in [0.1, 0.15) is 14.5 Å². The number of aryl methyl sites for hydroxylation is 1. The van der Waals surface area contributed by atoms with Crippen LogP contribution in [-0.4, -0.2) is 26.7 Å². The van der Waals surface area contributed by atoms with Crippen LogP contribution in [-0.2, 0) is 19.8 Å². The van der Waals surface area contributed by atoms with Crippen LogP contribution >= 0.6 is 22.9 Å². The normalized spacial score (nSPS) is 11.9. The quantitative estimate of drug-likeness (QED) is 0.563. The lowest BCUT2D eigenvalue weighted by atomic mass is 10.2. The van der Waals surface area contributed by atoms with Gasteiger partial charge in [0.25, 0.3) is 17.9 Å². The zero-order chi connectivity index (χ0) is 22.2. The number of hydrogen-bond donors (Lipinski definition) is 1. The third kappa shape index (κ3) is 4.70. The molecule has 0 atom stereocenters. The number of nitrogens with zero attached hydrogens (tertiary/aromatic N) is 3. The number of aromatic nitrogens is 3. The van der Waals surface area contributed by atoms with Crippen molar-refractivity contribution in [3.8, 4) is 11.3 Å². The van der Waals surface area contributed by atoms with Gasteiger partial charge in [0.2, 0.25) is 0 Å². The first kappa shape index (κ1) is 22.0. The summed E-state index contributed by atoms with van der Waals surface area (Å²) in [6, 6.07) is 3.55. The van der Waals surface area contributed by atoms with Crippen LogP contribution in [0.3, 0.4) is 0 Å². The van der Waals surface area contributed by atoms with Gasteiger partial charge in [-0.25, -0.2) is 8.78 Å². The summed E-state index contributed by atoms with van der Waals surface area (Å²) in [7, 11) is 1.59. The number of amides is 1. The second-order valence-corrected chi connectivity index (χ2v) is 7.56. The Kier molecular flexibility index (Phi) is 5.99. The van der Waals surface area contributed by atoms with E-state index in [0.717, 1.165) is 12.3 Å². The highest BCUT2D eigenvalue weighted by Gasteiger charge is 2.36. The standard InChI is InChI=1S/C17H12ClF5N4O2S/c1-26-3-2-11(25-26)9-4-8(6-27(16(9)29)7-13(19)20)24-15(28)12-5-10(18)14(30-12)17(21,22)23/h2-6,13H,7H2,1H3,(H,24,28). The summed E-state index contributed by atoms with van der Waals surface area (Å²) in [4.78, 5) is 23.4. The molecule has 0 bridgehead atoms. The SMILES string of the molecule is Cn1ccc(-c2cc(NC(=O)c3cc(Cl)c(C(F)(F)F)s3)cn(CC(F)F)c2=O)n1. The summed E-state index contributed by atoms with van der Waals surface area (Å²) < 4.78 is 66.5. The number of hydrogen-bond acceptors (Lipinski definition) is 4. The molecule has 13 heteroatoms. The highest BCUT2D eigenvalue weighted by Crippen LogP contribution is 2.40. The molecule has 0 saturated heterocycles. The molecule has 160 valence electrons. The fraction of sp³-hybridized carbons (Fsp3) is 0.235. The van der Waals surface area contributed by atoms with Gasteiger partial charge >= 0.3 is 6.18 Å². The largest absolute Gasteiger partial charge is 0.427 e. The molecular formula is C17H12ClF5N4O2S. The number of thiophene rings is 1. The highest BCUT2D eigenvalue weighted by molar-refractivity contribution is 7.14. The first-order chi connectivity index (χ1) is 14.0. The molecule has 3 aromatic heterocycles. The van der Waals surface area contributed by atoms with Crippen LogP contribution in [0.4, 0.5) is 27.6 Å². The molecule has 3 aromatic rings.